The highest BCUT2D eigenvalue weighted by Gasteiger charge is 2.23. The molecular formula is C19H22ClFN2O2. The molecule has 0 bridgehead atoms. The van der Waals surface area contributed by atoms with Crippen molar-refractivity contribution in [2.24, 2.45) is 0 Å². The Kier molecular flexibility index (Phi) is 6.10. The first kappa shape index (κ1) is 18.0. The van der Waals surface area contributed by atoms with Crippen LogP contribution in [0, 0.1) is 5.82 Å². The molecule has 0 atom stereocenters. The summed E-state index contributed by atoms with van der Waals surface area (Å²) < 4.78 is 18.7. The van der Waals surface area contributed by atoms with Crippen LogP contribution < -0.4 is 5.32 Å². The van der Waals surface area contributed by atoms with Crippen LogP contribution in [-0.4, -0.2) is 36.5 Å². The number of benzene rings is 1. The quantitative estimate of drug-likeness (QED) is 0.791. The normalized spacial score (nSPS) is 15.5. The second-order valence-electron chi connectivity index (χ2n) is 6.34. The van der Waals surface area contributed by atoms with Gasteiger partial charge in [0.1, 0.15) is 12.1 Å². The van der Waals surface area contributed by atoms with Crippen LogP contribution in [0.1, 0.15) is 35.2 Å². The minimum absolute atomic E-state index is 0.0291. The van der Waals surface area contributed by atoms with Gasteiger partial charge in [0.25, 0.3) is 5.91 Å². The van der Waals surface area contributed by atoms with E-state index in [1.807, 2.05) is 4.90 Å². The Balaban J connectivity index is 1.38. The van der Waals surface area contributed by atoms with E-state index in [1.165, 1.54) is 18.6 Å². The van der Waals surface area contributed by atoms with Crippen LogP contribution in [0.15, 0.2) is 41.2 Å². The van der Waals surface area contributed by atoms with Crippen LogP contribution >= 0.6 is 11.6 Å². The number of hydrogen-bond acceptors (Lipinski definition) is 3. The lowest BCUT2D eigenvalue weighted by Gasteiger charge is -2.32. The Morgan fingerprint density at radius 3 is 2.80 bits per heavy atom. The largest absolute Gasteiger partial charge is 0.472 e. The van der Waals surface area contributed by atoms with E-state index in [0.717, 1.165) is 38.9 Å². The fourth-order valence-corrected chi connectivity index (χ4v) is 3.46. The number of carbonyl (C=O) groups excluding carboxylic acids is 1. The molecule has 6 heteroatoms. The molecule has 0 spiro atoms. The molecule has 3 rings (SSSR count). The number of nitrogens with one attached hydrogen (secondary N) is 1. The monoisotopic (exact) mass is 364 g/mol. The zero-order valence-electron chi connectivity index (χ0n) is 14.0. The molecule has 4 nitrogen and oxygen atoms in total. The highest BCUT2D eigenvalue weighted by atomic mass is 35.5. The number of nitrogens with zero attached hydrogens (tertiary/aromatic N) is 1. The Labute approximate surface area is 152 Å². The molecule has 2 aromatic rings. The maximum Gasteiger partial charge on any atom is 0.257 e. The van der Waals surface area contributed by atoms with Crippen molar-refractivity contribution in [2.45, 2.75) is 31.7 Å². The molecule has 0 aliphatic carbocycles. The van der Waals surface area contributed by atoms with Gasteiger partial charge in [-0.25, -0.2) is 4.39 Å². The van der Waals surface area contributed by atoms with Crippen LogP contribution in [0.2, 0.25) is 5.02 Å². The summed E-state index contributed by atoms with van der Waals surface area (Å²) in [4.78, 5) is 14.1. The lowest BCUT2D eigenvalue weighted by atomic mass is 10.0. The molecule has 2 heterocycles. The molecule has 25 heavy (non-hydrogen) atoms. The molecule has 134 valence electrons. The highest BCUT2D eigenvalue weighted by molar-refractivity contribution is 6.31. The van der Waals surface area contributed by atoms with Gasteiger partial charge in [0.15, 0.2) is 0 Å². The van der Waals surface area contributed by atoms with Gasteiger partial charge in [-0.2, -0.15) is 0 Å². The summed E-state index contributed by atoms with van der Waals surface area (Å²) in [6, 6.07) is 6.88. The van der Waals surface area contributed by atoms with Crippen molar-refractivity contribution in [1.29, 1.82) is 0 Å². The molecule has 0 radical (unpaired) electrons. The molecule has 0 unspecified atom stereocenters. The van der Waals surface area contributed by atoms with E-state index in [9.17, 15) is 9.18 Å². The first-order valence-corrected chi connectivity index (χ1v) is 9.00. The van der Waals surface area contributed by atoms with Gasteiger partial charge in [-0.15, -0.1) is 0 Å². The number of rotatable bonds is 6. The summed E-state index contributed by atoms with van der Waals surface area (Å²) in [6.07, 6.45) is 6.29. The van der Waals surface area contributed by atoms with Crippen LogP contribution in [0.3, 0.4) is 0 Å². The highest BCUT2D eigenvalue weighted by Crippen LogP contribution is 2.20. The molecule has 1 amide bonds. The van der Waals surface area contributed by atoms with E-state index in [0.29, 0.717) is 28.6 Å². The molecule has 1 aromatic carbocycles. The van der Waals surface area contributed by atoms with Crippen molar-refractivity contribution < 1.29 is 13.6 Å². The maximum atomic E-state index is 13.7. The Morgan fingerprint density at radius 1 is 1.32 bits per heavy atom. The van der Waals surface area contributed by atoms with E-state index < -0.39 is 0 Å². The molecular weight excluding hydrogens is 343 g/mol. The molecule has 1 aromatic heterocycles. The number of hydrogen-bond donors (Lipinski definition) is 1. The second kappa shape index (κ2) is 8.50. The molecule has 1 aliphatic rings. The van der Waals surface area contributed by atoms with Crippen molar-refractivity contribution in [3.63, 3.8) is 0 Å². The standard InChI is InChI=1S/C19H22ClFN2O2/c20-17-4-1-5-18(21)16(17)3-2-9-22-15-6-10-23(11-7-15)19(24)14-8-12-25-13-14/h1,4-5,8,12-13,15,22H,2-3,6-7,9-11H2. The second-order valence-corrected chi connectivity index (χ2v) is 6.74. The number of amides is 1. The van der Waals surface area contributed by atoms with Crippen LogP contribution in [0.4, 0.5) is 4.39 Å². The summed E-state index contributed by atoms with van der Waals surface area (Å²) in [5.74, 6) is -0.208. The van der Waals surface area contributed by atoms with Crippen molar-refractivity contribution in [2.75, 3.05) is 19.6 Å². The van der Waals surface area contributed by atoms with Gasteiger partial charge >= 0.3 is 0 Å². The summed E-state index contributed by atoms with van der Waals surface area (Å²) >= 11 is 6.04. The van der Waals surface area contributed by atoms with Crippen molar-refractivity contribution >= 4 is 17.5 Å². The summed E-state index contributed by atoms with van der Waals surface area (Å²) in [6.45, 7) is 2.28. The number of carbonyl (C=O) groups is 1. The fraction of sp³-hybridized carbons (Fsp3) is 0.421. The lowest BCUT2D eigenvalue weighted by molar-refractivity contribution is 0.0704. The number of furan rings is 1. The first-order chi connectivity index (χ1) is 12.1. The smallest absolute Gasteiger partial charge is 0.257 e. The predicted molar refractivity (Wildman–Crippen MR) is 95.4 cm³/mol. The summed E-state index contributed by atoms with van der Waals surface area (Å²) in [7, 11) is 0. The van der Waals surface area contributed by atoms with Crippen LogP contribution in [0.5, 0.6) is 0 Å². The van der Waals surface area contributed by atoms with Gasteiger partial charge in [0, 0.05) is 29.7 Å². The van der Waals surface area contributed by atoms with E-state index >= 15 is 0 Å². The average molecular weight is 365 g/mol. The first-order valence-electron chi connectivity index (χ1n) is 8.63. The Bertz CT molecular complexity index is 677. The predicted octanol–water partition coefficient (Wildman–Crippen LogP) is 3.90. The zero-order chi connectivity index (χ0) is 17.6. The van der Waals surface area contributed by atoms with Crippen molar-refractivity contribution in [1.82, 2.24) is 10.2 Å². The van der Waals surface area contributed by atoms with Crippen LogP contribution in [-0.2, 0) is 6.42 Å². The minimum atomic E-state index is -0.237. The van der Waals surface area contributed by atoms with Gasteiger partial charge in [-0.05, 0) is 50.4 Å². The Hall–Kier alpha value is -1.85. The third kappa shape index (κ3) is 4.61. The maximum absolute atomic E-state index is 13.7. The third-order valence-corrected chi connectivity index (χ3v) is 5.00. The molecule has 1 N–H and O–H groups in total. The van der Waals surface area contributed by atoms with E-state index in [1.54, 1.807) is 18.2 Å². The molecule has 1 saturated heterocycles. The van der Waals surface area contributed by atoms with Crippen LogP contribution in [0.25, 0.3) is 0 Å². The number of piperidine rings is 1. The number of likely N-dealkylation sites (tertiary alicyclic amines) is 1. The molecule has 1 fully saturated rings. The topological polar surface area (TPSA) is 45.5 Å². The Morgan fingerprint density at radius 2 is 2.12 bits per heavy atom. The third-order valence-electron chi connectivity index (χ3n) is 4.65. The fourth-order valence-electron chi connectivity index (χ4n) is 3.20. The van der Waals surface area contributed by atoms with Gasteiger partial charge in [0.2, 0.25) is 0 Å². The van der Waals surface area contributed by atoms with Gasteiger partial charge in [0.05, 0.1) is 11.8 Å². The summed E-state index contributed by atoms with van der Waals surface area (Å²) in [5, 5.41) is 3.99. The minimum Gasteiger partial charge on any atom is -0.472 e. The van der Waals surface area contributed by atoms with Gasteiger partial charge in [-0.3, -0.25) is 4.79 Å². The zero-order valence-corrected chi connectivity index (χ0v) is 14.8. The van der Waals surface area contributed by atoms with E-state index in [-0.39, 0.29) is 11.7 Å². The van der Waals surface area contributed by atoms with Gasteiger partial charge in [-0.1, -0.05) is 17.7 Å². The van der Waals surface area contributed by atoms with E-state index in [4.69, 9.17) is 16.0 Å². The molecule has 0 saturated carbocycles. The SMILES string of the molecule is O=C(c1ccoc1)N1CCC(NCCCc2c(F)cccc2Cl)CC1. The summed E-state index contributed by atoms with van der Waals surface area (Å²) in [5.41, 5.74) is 1.19. The van der Waals surface area contributed by atoms with Crippen molar-refractivity contribution in [3.05, 3.63) is 58.8 Å². The van der Waals surface area contributed by atoms with Gasteiger partial charge < -0.3 is 14.6 Å². The van der Waals surface area contributed by atoms with Crippen molar-refractivity contribution in [3.8, 4) is 0 Å². The molecule has 1 aliphatic heterocycles. The lowest BCUT2D eigenvalue weighted by Crippen LogP contribution is -2.45. The van der Waals surface area contributed by atoms with E-state index in [2.05, 4.69) is 5.32 Å². The average Bonchev–Trinajstić information content (AvgIpc) is 3.15. The number of halogens is 2.